The zero-order valence-corrected chi connectivity index (χ0v) is 8.42. The van der Waals surface area contributed by atoms with Gasteiger partial charge in [-0.2, -0.15) is 0 Å². The molecule has 15 heavy (non-hydrogen) atoms. The molecule has 0 radical (unpaired) electrons. The van der Waals surface area contributed by atoms with Crippen LogP contribution in [-0.2, 0) is 13.0 Å². The van der Waals surface area contributed by atoms with Crippen LogP contribution in [0.15, 0.2) is 17.0 Å². The molecular weight excluding hydrogens is 196 g/mol. The topological polar surface area (TPSA) is 77.0 Å². The highest BCUT2D eigenvalue weighted by Crippen LogP contribution is 2.06. The van der Waals surface area contributed by atoms with Crippen molar-refractivity contribution in [3.8, 4) is 0 Å². The van der Waals surface area contributed by atoms with Crippen molar-refractivity contribution in [3.05, 3.63) is 29.7 Å². The highest BCUT2D eigenvalue weighted by molar-refractivity contribution is 5.05. The molecular formula is C9H12N4O2. The Kier molecular flexibility index (Phi) is 2.77. The van der Waals surface area contributed by atoms with Gasteiger partial charge in [-0.1, -0.05) is 5.21 Å². The number of hydrogen-bond donors (Lipinski definition) is 1. The second-order valence-electron chi connectivity index (χ2n) is 3.24. The maximum Gasteiger partial charge on any atom is 0.181 e. The van der Waals surface area contributed by atoms with Crippen LogP contribution < -0.4 is 0 Å². The number of aliphatic hydroxyl groups is 1. The predicted octanol–water partition coefficient (Wildman–Crippen LogP) is 0.158. The van der Waals surface area contributed by atoms with E-state index in [0.717, 1.165) is 17.1 Å². The van der Waals surface area contributed by atoms with Gasteiger partial charge in [0.25, 0.3) is 0 Å². The number of hydrogen-bond acceptors (Lipinski definition) is 5. The van der Waals surface area contributed by atoms with Crippen LogP contribution in [0.4, 0.5) is 0 Å². The summed E-state index contributed by atoms with van der Waals surface area (Å²) in [5.74, 6) is 0.786. The first kappa shape index (κ1) is 9.85. The van der Waals surface area contributed by atoms with Crippen molar-refractivity contribution < 1.29 is 9.52 Å². The van der Waals surface area contributed by atoms with Gasteiger partial charge in [0.05, 0.1) is 12.2 Å². The lowest BCUT2D eigenvalue weighted by Gasteiger charge is -1.95. The molecule has 2 aromatic rings. The Labute approximate surface area is 86.6 Å². The molecule has 0 bridgehead atoms. The molecule has 0 aliphatic heterocycles. The molecule has 0 atom stereocenters. The van der Waals surface area contributed by atoms with Crippen LogP contribution >= 0.6 is 0 Å². The smallest absolute Gasteiger partial charge is 0.181 e. The third kappa shape index (κ3) is 2.21. The third-order valence-corrected chi connectivity index (χ3v) is 2.11. The highest BCUT2D eigenvalue weighted by atomic mass is 16.3. The normalized spacial score (nSPS) is 10.8. The number of aromatic nitrogens is 4. The average Bonchev–Trinajstić information content (AvgIpc) is 2.79. The molecule has 2 rings (SSSR count). The maximum absolute atomic E-state index is 8.73. The molecule has 0 unspecified atom stereocenters. The number of oxazole rings is 1. The summed E-state index contributed by atoms with van der Waals surface area (Å²) in [5, 5.41) is 16.6. The molecule has 0 saturated heterocycles. The van der Waals surface area contributed by atoms with E-state index in [1.807, 2.05) is 6.92 Å². The van der Waals surface area contributed by atoms with Gasteiger partial charge in [0.15, 0.2) is 6.39 Å². The average molecular weight is 208 g/mol. The lowest BCUT2D eigenvalue weighted by molar-refractivity contribution is 0.298. The first-order valence-electron chi connectivity index (χ1n) is 4.68. The van der Waals surface area contributed by atoms with Crippen LogP contribution in [0.5, 0.6) is 0 Å². The molecule has 2 aromatic heterocycles. The first-order chi connectivity index (χ1) is 7.29. The molecule has 0 aliphatic carbocycles. The minimum Gasteiger partial charge on any atom is -0.448 e. The van der Waals surface area contributed by atoms with Gasteiger partial charge in [0, 0.05) is 19.2 Å². The van der Waals surface area contributed by atoms with Crippen molar-refractivity contribution in [2.24, 2.45) is 0 Å². The minimum atomic E-state index is 0.0850. The Morgan fingerprint density at radius 1 is 1.53 bits per heavy atom. The summed E-state index contributed by atoms with van der Waals surface area (Å²) in [6.45, 7) is 2.48. The summed E-state index contributed by atoms with van der Waals surface area (Å²) in [5.41, 5.74) is 1.62. The number of aryl methyl sites for hydroxylation is 1. The zero-order valence-electron chi connectivity index (χ0n) is 8.42. The molecule has 0 aromatic carbocycles. The van der Waals surface area contributed by atoms with E-state index in [0.29, 0.717) is 13.0 Å². The summed E-state index contributed by atoms with van der Waals surface area (Å²) in [4.78, 5) is 4.06. The van der Waals surface area contributed by atoms with E-state index >= 15 is 0 Å². The van der Waals surface area contributed by atoms with Crippen molar-refractivity contribution in [3.63, 3.8) is 0 Å². The molecule has 6 nitrogen and oxygen atoms in total. The second-order valence-corrected chi connectivity index (χ2v) is 3.24. The summed E-state index contributed by atoms with van der Waals surface area (Å²) < 4.78 is 6.75. The number of aliphatic hydroxyl groups excluding tert-OH is 1. The van der Waals surface area contributed by atoms with E-state index in [4.69, 9.17) is 9.52 Å². The van der Waals surface area contributed by atoms with E-state index in [1.165, 1.54) is 6.39 Å². The largest absolute Gasteiger partial charge is 0.448 e. The molecule has 0 aliphatic rings. The Balaban J connectivity index is 2.08. The molecule has 6 heteroatoms. The minimum absolute atomic E-state index is 0.0850. The van der Waals surface area contributed by atoms with Crippen molar-refractivity contribution in [2.75, 3.05) is 6.61 Å². The van der Waals surface area contributed by atoms with Crippen molar-refractivity contribution in [1.82, 2.24) is 20.0 Å². The number of rotatable bonds is 4. The molecule has 80 valence electrons. The van der Waals surface area contributed by atoms with Gasteiger partial charge >= 0.3 is 0 Å². The molecule has 1 N–H and O–H groups in total. The van der Waals surface area contributed by atoms with Crippen molar-refractivity contribution in [2.45, 2.75) is 19.9 Å². The summed E-state index contributed by atoms with van der Waals surface area (Å²) in [7, 11) is 0. The maximum atomic E-state index is 8.73. The SMILES string of the molecule is Cc1ocnc1Cn1cc(CCO)nn1. The van der Waals surface area contributed by atoms with E-state index < -0.39 is 0 Å². The second kappa shape index (κ2) is 4.22. The van der Waals surface area contributed by atoms with Gasteiger partial charge < -0.3 is 9.52 Å². The molecule has 0 amide bonds. The molecule has 2 heterocycles. The number of nitrogens with zero attached hydrogens (tertiary/aromatic N) is 4. The fourth-order valence-electron chi connectivity index (χ4n) is 1.28. The van der Waals surface area contributed by atoms with Gasteiger partial charge in [0.2, 0.25) is 0 Å². The van der Waals surface area contributed by atoms with E-state index in [1.54, 1.807) is 10.9 Å². The Bertz CT molecular complexity index is 435. The predicted molar refractivity (Wildman–Crippen MR) is 51.2 cm³/mol. The fraction of sp³-hybridized carbons (Fsp3) is 0.444. The highest BCUT2D eigenvalue weighted by Gasteiger charge is 2.06. The molecule has 0 saturated carbocycles. The van der Waals surface area contributed by atoms with Crippen LogP contribution in [0.25, 0.3) is 0 Å². The van der Waals surface area contributed by atoms with Crippen molar-refractivity contribution in [1.29, 1.82) is 0 Å². The monoisotopic (exact) mass is 208 g/mol. The van der Waals surface area contributed by atoms with Crippen LogP contribution in [0.2, 0.25) is 0 Å². The summed E-state index contributed by atoms with van der Waals surface area (Å²) in [6.07, 6.45) is 3.73. The van der Waals surface area contributed by atoms with Gasteiger partial charge in [-0.3, -0.25) is 0 Å². The zero-order chi connectivity index (χ0) is 10.7. The van der Waals surface area contributed by atoms with Crippen LogP contribution in [0.3, 0.4) is 0 Å². The lowest BCUT2D eigenvalue weighted by atomic mass is 10.3. The van der Waals surface area contributed by atoms with E-state index in [2.05, 4.69) is 15.3 Å². The Hall–Kier alpha value is -1.69. The molecule has 0 spiro atoms. The van der Waals surface area contributed by atoms with Crippen LogP contribution in [0, 0.1) is 6.92 Å². The van der Waals surface area contributed by atoms with Gasteiger partial charge in [-0.15, -0.1) is 5.10 Å². The first-order valence-corrected chi connectivity index (χ1v) is 4.68. The lowest BCUT2D eigenvalue weighted by Crippen LogP contribution is -2.01. The third-order valence-electron chi connectivity index (χ3n) is 2.11. The van der Waals surface area contributed by atoms with E-state index in [9.17, 15) is 0 Å². The fourth-order valence-corrected chi connectivity index (χ4v) is 1.28. The van der Waals surface area contributed by atoms with Crippen LogP contribution in [-0.4, -0.2) is 31.7 Å². The standard InChI is InChI=1S/C9H12N4O2/c1-7-9(10-6-15-7)5-13-4-8(2-3-14)11-12-13/h4,6,14H,2-3,5H2,1H3. The van der Waals surface area contributed by atoms with Gasteiger partial charge in [-0.05, 0) is 6.92 Å². The Morgan fingerprint density at radius 2 is 2.40 bits per heavy atom. The summed E-state index contributed by atoms with van der Waals surface area (Å²) >= 11 is 0. The van der Waals surface area contributed by atoms with E-state index in [-0.39, 0.29) is 6.61 Å². The van der Waals surface area contributed by atoms with Gasteiger partial charge in [0.1, 0.15) is 11.5 Å². The van der Waals surface area contributed by atoms with Crippen molar-refractivity contribution >= 4 is 0 Å². The molecule has 0 fully saturated rings. The van der Waals surface area contributed by atoms with Gasteiger partial charge in [-0.25, -0.2) is 9.67 Å². The quantitative estimate of drug-likeness (QED) is 0.774. The van der Waals surface area contributed by atoms with Crippen LogP contribution in [0.1, 0.15) is 17.1 Å². The Morgan fingerprint density at radius 3 is 3.07 bits per heavy atom. The summed E-state index contributed by atoms with van der Waals surface area (Å²) in [6, 6.07) is 0.